The van der Waals surface area contributed by atoms with Crippen LogP contribution in [0.15, 0.2) is 4.99 Å². The highest BCUT2D eigenvalue weighted by molar-refractivity contribution is 14.0. The van der Waals surface area contributed by atoms with E-state index >= 15 is 0 Å². The molecule has 1 heterocycles. The summed E-state index contributed by atoms with van der Waals surface area (Å²) in [6, 6.07) is 0.0712. The zero-order chi connectivity index (χ0) is 16.2. The zero-order valence-corrected chi connectivity index (χ0v) is 16.0. The second-order valence-corrected chi connectivity index (χ2v) is 6.73. The Hall–Kier alpha value is -0.250. The molecule has 2 N–H and O–H groups in total. The van der Waals surface area contributed by atoms with Crippen molar-refractivity contribution < 1.29 is 17.9 Å². The van der Waals surface area contributed by atoms with Gasteiger partial charge in [-0.2, -0.15) is 13.2 Å². The summed E-state index contributed by atoms with van der Waals surface area (Å²) in [5.74, 6) is -0.442. The number of hydrogen-bond donors (Lipinski definition) is 2. The molecule has 0 aromatic heterocycles. The van der Waals surface area contributed by atoms with Crippen molar-refractivity contribution in [1.29, 1.82) is 0 Å². The number of alkyl halides is 3. The Balaban J connectivity index is 0.00000264. The molecular weight excluding hydrogens is 422 g/mol. The van der Waals surface area contributed by atoms with Crippen molar-refractivity contribution in [3.8, 4) is 0 Å². The van der Waals surface area contributed by atoms with Gasteiger partial charge in [0.05, 0.1) is 25.7 Å². The minimum Gasteiger partial charge on any atom is -0.380 e. The number of aliphatic imine (C=N–C) groups is 1. The topological polar surface area (TPSA) is 45.7 Å². The van der Waals surface area contributed by atoms with Crippen molar-refractivity contribution in [3.05, 3.63) is 0 Å². The summed E-state index contributed by atoms with van der Waals surface area (Å²) >= 11 is 0. The molecule has 0 aromatic rings. The molecule has 0 radical (unpaired) electrons. The number of hydrogen-bond acceptors (Lipinski definition) is 2. The number of nitrogens with zero attached hydrogens (tertiary/aromatic N) is 1. The van der Waals surface area contributed by atoms with E-state index in [9.17, 15) is 13.2 Å². The molecule has 2 fully saturated rings. The third-order valence-electron chi connectivity index (χ3n) is 4.40. The summed E-state index contributed by atoms with van der Waals surface area (Å²) in [6.07, 6.45) is -2.58. The van der Waals surface area contributed by atoms with Crippen LogP contribution in [-0.2, 0) is 4.74 Å². The Morgan fingerprint density at radius 2 is 1.83 bits per heavy atom. The fourth-order valence-electron chi connectivity index (χ4n) is 2.89. The summed E-state index contributed by atoms with van der Waals surface area (Å²) < 4.78 is 43.2. The smallest absolute Gasteiger partial charge is 0.380 e. The minimum atomic E-state index is -4.05. The lowest BCUT2D eigenvalue weighted by Gasteiger charge is -2.37. The van der Waals surface area contributed by atoms with Crippen molar-refractivity contribution in [3.63, 3.8) is 0 Å². The summed E-state index contributed by atoms with van der Waals surface area (Å²) in [4.78, 5) is 4.56. The van der Waals surface area contributed by atoms with Gasteiger partial charge < -0.3 is 15.4 Å². The average molecular weight is 449 g/mol. The van der Waals surface area contributed by atoms with E-state index in [1.54, 1.807) is 0 Å². The second kappa shape index (κ2) is 8.73. The number of rotatable bonds is 4. The first-order valence-corrected chi connectivity index (χ1v) is 8.02. The van der Waals surface area contributed by atoms with Gasteiger partial charge >= 0.3 is 6.18 Å². The van der Waals surface area contributed by atoms with Crippen LogP contribution in [0, 0.1) is 11.3 Å². The van der Waals surface area contributed by atoms with Crippen LogP contribution >= 0.6 is 24.0 Å². The summed E-state index contributed by atoms with van der Waals surface area (Å²) in [7, 11) is 0. The molecule has 23 heavy (non-hydrogen) atoms. The van der Waals surface area contributed by atoms with E-state index in [0.717, 1.165) is 6.54 Å². The van der Waals surface area contributed by atoms with E-state index in [0.29, 0.717) is 38.6 Å². The number of ether oxygens (including phenoxy) is 1. The lowest BCUT2D eigenvalue weighted by atomic mass is 9.85. The third kappa shape index (κ3) is 6.28. The molecule has 1 aliphatic carbocycles. The van der Waals surface area contributed by atoms with Crippen molar-refractivity contribution in [2.24, 2.45) is 16.3 Å². The Morgan fingerprint density at radius 1 is 1.22 bits per heavy atom. The first-order valence-electron chi connectivity index (χ1n) is 8.02. The quantitative estimate of drug-likeness (QED) is 0.394. The van der Waals surface area contributed by atoms with Crippen LogP contribution in [0.3, 0.4) is 0 Å². The lowest BCUT2D eigenvalue weighted by Crippen LogP contribution is -2.47. The van der Waals surface area contributed by atoms with E-state index in [4.69, 9.17) is 4.74 Å². The Bertz CT molecular complexity index is 392. The van der Waals surface area contributed by atoms with Gasteiger partial charge in [0.1, 0.15) is 0 Å². The van der Waals surface area contributed by atoms with Crippen molar-refractivity contribution in [2.45, 2.75) is 51.7 Å². The van der Waals surface area contributed by atoms with E-state index in [-0.39, 0.29) is 48.3 Å². The molecule has 0 bridgehead atoms. The van der Waals surface area contributed by atoms with Crippen LogP contribution in [0.25, 0.3) is 0 Å². The molecule has 0 spiro atoms. The summed E-state index contributed by atoms with van der Waals surface area (Å²) in [5.41, 5.74) is 0.0935. The molecule has 4 nitrogen and oxygen atoms in total. The Morgan fingerprint density at radius 3 is 2.26 bits per heavy atom. The maximum atomic E-state index is 12.7. The van der Waals surface area contributed by atoms with Gasteiger partial charge in [0, 0.05) is 18.0 Å². The molecule has 0 amide bonds. The maximum absolute atomic E-state index is 12.7. The van der Waals surface area contributed by atoms with Crippen LogP contribution in [0.1, 0.15) is 39.5 Å². The molecule has 0 aromatic carbocycles. The fraction of sp³-hybridized carbons (Fsp3) is 0.933. The highest BCUT2D eigenvalue weighted by Gasteiger charge is 2.41. The predicted octanol–water partition coefficient (Wildman–Crippen LogP) is 3.32. The van der Waals surface area contributed by atoms with Crippen molar-refractivity contribution in [2.75, 3.05) is 26.3 Å². The second-order valence-electron chi connectivity index (χ2n) is 6.73. The van der Waals surface area contributed by atoms with Gasteiger partial charge in [0.25, 0.3) is 0 Å². The molecule has 2 aliphatic rings. The van der Waals surface area contributed by atoms with E-state index in [1.807, 2.05) is 6.92 Å². The highest BCUT2D eigenvalue weighted by atomic mass is 127. The van der Waals surface area contributed by atoms with Gasteiger partial charge in [0.15, 0.2) is 5.96 Å². The molecule has 1 saturated carbocycles. The SMILES string of the molecule is CCNC(=NCC1(C)COC1)NC1CCC(C(F)(F)F)CC1.I. The molecule has 0 unspecified atom stereocenters. The summed E-state index contributed by atoms with van der Waals surface area (Å²) in [6.45, 7) is 6.93. The number of halogens is 4. The summed E-state index contributed by atoms with van der Waals surface area (Å²) in [5, 5.41) is 6.45. The van der Waals surface area contributed by atoms with Gasteiger partial charge in [0.2, 0.25) is 0 Å². The first-order chi connectivity index (χ1) is 10.3. The molecule has 136 valence electrons. The molecule has 8 heteroatoms. The van der Waals surface area contributed by atoms with Gasteiger partial charge in [-0.3, -0.25) is 4.99 Å². The van der Waals surface area contributed by atoms with Gasteiger partial charge in [-0.05, 0) is 32.6 Å². The van der Waals surface area contributed by atoms with Gasteiger partial charge in [-0.15, -0.1) is 24.0 Å². The number of guanidine groups is 1. The van der Waals surface area contributed by atoms with E-state index in [1.165, 1.54) is 0 Å². The standard InChI is InChI=1S/C15H26F3N3O.HI/c1-3-19-13(20-8-14(2)9-22-10-14)21-12-6-4-11(5-7-12)15(16,17)18;/h11-12H,3-10H2,1-2H3,(H2,19,20,21);1H. The van der Waals surface area contributed by atoms with Crippen molar-refractivity contribution >= 4 is 29.9 Å². The monoisotopic (exact) mass is 449 g/mol. The molecule has 1 saturated heterocycles. The predicted molar refractivity (Wildman–Crippen MR) is 95.3 cm³/mol. The van der Waals surface area contributed by atoms with Crippen LogP contribution < -0.4 is 10.6 Å². The minimum absolute atomic E-state index is 0. The Kier molecular flexibility index (Phi) is 7.89. The fourth-order valence-corrected chi connectivity index (χ4v) is 2.89. The van der Waals surface area contributed by atoms with Crippen LogP contribution in [0.4, 0.5) is 13.2 Å². The lowest BCUT2D eigenvalue weighted by molar-refractivity contribution is -0.182. The first kappa shape index (κ1) is 20.8. The largest absolute Gasteiger partial charge is 0.391 e. The highest BCUT2D eigenvalue weighted by Crippen LogP contribution is 2.37. The molecule has 1 aliphatic heterocycles. The van der Waals surface area contributed by atoms with Crippen LogP contribution in [0.5, 0.6) is 0 Å². The van der Waals surface area contributed by atoms with Crippen LogP contribution in [0.2, 0.25) is 0 Å². The van der Waals surface area contributed by atoms with Gasteiger partial charge in [-0.25, -0.2) is 0 Å². The van der Waals surface area contributed by atoms with Crippen LogP contribution in [-0.4, -0.2) is 44.5 Å². The Labute approximate surface area is 153 Å². The van der Waals surface area contributed by atoms with E-state index < -0.39 is 12.1 Å². The zero-order valence-electron chi connectivity index (χ0n) is 13.7. The molecule has 0 atom stereocenters. The third-order valence-corrected chi connectivity index (χ3v) is 4.40. The molecule has 2 rings (SSSR count). The van der Waals surface area contributed by atoms with Gasteiger partial charge in [-0.1, -0.05) is 6.92 Å². The maximum Gasteiger partial charge on any atom is 0.391 e. The number of nitrogens with one attached hydrogen (secondary N) is 2. The average Bonchev–Trinajstić information content (AvgIpc) is 2.42. The normalized spacial score (nSPS) is 27.6. The van der Waals surface area contributed by atoms with E-state index in [2.05, 4.69) is 22.5 Å². The molecular formula is C15H27F3IN3O. The van der Waals surface area contributed by atoms with Crippen molar-refractivity contribution in [1.82, 2.24) is 10.6 Å².